The number of aryl methyl sites for hydroxylation is 6. The van der Waals surface area contributed by atoms with Crippen molar-refractivity contribution < 1.29 is 86.0 Å². The number of nitrogens with zero attached hydrogens (tertiary/aromatic N) is 4. The highest BCUT2D eigenvalue weighted by Crippen LogP contribution is 2.47. The van der Waals surface area contributed by atoms with Crippen molar-refractivity contribution in [1.82, 2.24) is 10.6 Å². The number of nitrogens with one attached hydrogen (secondary N) is 4. The molecule has 8 aliphatic rings. The van der Waals surface area contributed by atoms with Crippen LogP contribution >= 0.6 is 34.2 Å². The molecule has 8 heterocycles. The Bertz CT molecular complexity index is 6770. The van der Waals surface area contributed by atoms with Gasteiger partial charge in [0.05, 0.1) is 27.3 Å². The Labute approximate surface area is 865 Å². The van der Waals surface area contributed by atoms with Crippen LogP contribution in [0.2, 0.25) is 0 Å². The number of thiol groups is 1. The molecule has 760 valence electrons. The molecule has 8 aliphatic heterocycles. The molecular weight excluding hydrogens is 1900 g/mol. The van der Waals surface area contributed by atoms with Crippen LogP contribution in [0, 0.1) is 13.8 Å². The predicted molar refractivity (Wildman–Crippen MR) is 572 cm³/mol. The van der Waals surface area contributed by atoms with E-state index < -0.39 is 17.7 Å². The largest absolute Gasteiger partial charge is 0.493 e. The third-order valence-corrected chi connectivity index (χ3v) is 31.6. The molecule has 26 nitrogen and oxygen atoms in total. The van der Waals surface area contributed by atoms with Crippen molar-refractivity contribution in [2.24, 2.45) is 0 Å². The Balaban J connectivity index is 0.000000200. The maximum Gasteiger partial charge on any atom is 0.258 e. The number of anilines is 6. The summed E-state index contributed by atoms with van der Waals surface area (Å²) in [6, 6.07) is 59.0. The van der Waals surface area contributed by atoms with E-state index in [1.54, 1.807) is 54.0 Å². The smallest absolute Gasteiger partial charge is 0.258 e. The van der Waals surface area contributed by atoms with Crippen molar-refractivity contribution in [3.05, 3.63) is 282 Å². The number of amides is 8. The highest BCUT2D eigenvalue weighted by molar-refractivity contribution is 8.76. The number of fused-ring (bicyclic) bond motifs is 16. The molecule has 0 spiro atoms. The Morgan fingerprint density at radius 3 is 0.966 bits per heavy atom. The van der Waals surface area contributed by atoms with Crippen LogP contribution in [-0.2, 0) is 116 Å². The van der Waals surface area contributed by atoms with Crippen molar-refractivity contribution in [2.75, 3.05) is 63.8 Å². The number of ether oxygens (including phenoxy) is 6. The molecule has 4 N–H and O–H groups in total. The van der Waals surface area contributed by atoms with Crippen LogP contribution in [-0.4, -0.2) is 138 Å². The Hall–Kier alpha value is -13.5. The Kier molecular flexibility index (Phi) is 32.8. The molecular formula is C117H126N8O18S3. The highest BCUT2D eigenvalue weighted by Gasteiger charge is 2.43. The Morgan fingerprint density at radius 2 is 0.644 bits per heavy atom. The maximum absolute atomic E-state index is 14.1. The number of benzene rings is 10. The van der Waals surface area contributed by atoms with Gasteiger partial charge >= 0.3 is 0 Å². The number of ketones is 4. The van der Waals surface area contributed by atoms with Gasteiger partial charge in [0.25, 0.3) is 23.6 Å². The molecule has 0 aromatic heterocycles. The number of rotatable bonds is 40. The van der Waals surface area contributed by atoms with E-state index in [9.17, 15) is 57.5 Å². The molecule has 10 aromatic carbocycles. The predicted octanol–water partition coefficient (Wildman–Crippen LogP) is 20.0. The first kappa shape index (κ1) is 104. The van der Waals surface area contributed by atoms with E-state index in [0.29, 0.717) is 112 Å². The van der Waals surface area contributed by atoms with Gasteiger partial charge in [0.1, 0.15) is 49.5 Å². The summed E-state index contributed by atoms with van der Waals surface area (Å²) in [7, 11) is 6.48. The third-order valence-electron chi connectivity index (χ3n) is 28.7. The number of carbonyl (C=O) groups is 12. The minimum absolute atomic E-state index is 0.00264. The SMILES string of the molecule is COc1cc2c(cc1OCc1cc(COc3cc4c(cc3C)C(=O)N3c5ccccc5C[C@H]3CC4)cc(NC(=O)CCC(=O)CNC(=O)CCC(=O)CCC(C)(C)S)c1)CC[C@@H]1Cc3ccccc3N1C2=O.COc1cc2c(cc1OCc1cc(COc3cc4c(cc3C)C(=O)N3c5ccccc5C[C@H]3CC4)cc(NC(=O)CCC(=O)CNC(=O)CCC(=O)CCC(C)(C)SSC)c1)CC[C@@H]1Cc3ccccc3N1C2=O. The monoisotopic (exact) mass is 2030 g/mol. The molecule has 0 saturated heterocycles. The first-order chi connectivity index (χ1) is 70.3. The lowest BCUT2D eigenvalue weighted by atomic mass is 9.98. The topological polar surface area (TPSA) is 321 Å². The summed E-state index contributed by atoms with van der Waals surface area (Å²) in [5.74, 6) is 0.788. The summed E-state index contributed by atoms with van der Waals surface area (Å²) in [6.07, 6.45) is 13.2. The first-order valence-electron chi connectivity index (χ1n) is 50.5. The fraction of sp³-hybridized carbons (Fsp3) is 0.385. The molecule has 29 heteroatoms. The average molecular weight is 2030 g/mol. The number of methoxy groups -OCH3 is 2. The number of para-hydroxylation sites is 4. The molecule has 0 fully saturated rings. The van der Waals surface area contributed by atoms with Gasteiger partial charge in [-0.05, 0) is 311 Å². The quantitative estimate of drug-likeness (QED) is 0.0176. The van der Waals surface area contributed by atoms with E-state index in [2.05, 4.69) is 72.0 Å². The van der Waals surface area contributed by atoms with Crippen molar-refractivity contribution in [2.45, 2.75) is 256 Å². The second-order valence-corrected chi connectivity index (χ2v) is 44.8. The molecule has 18 rings (SSSR count). The van der Waals surface area contributed by atoms with Gasteiger partial charge < -0.3 is 69.3 Å². The molecule has 10 aromatic rings. The lowest BCUT2D eigenvalue weighted by Gasteiger charge is -2.23. The van der Waals surface area contributed by atoms with E-state index in [-0.39, 0.29) is 177 Å². The second kappa shape index (κ2) is 46.1. The molecule has 8 amide bonds. The lowest BCUT2D eigenvalue weighted by Crippen LogP contribution is -2.36. The van der Waals surface area contributed by atoms with Gasteiger partial charge in [0, 0.05) is 154 Å². The minimum atomic E-state index is -0.399. The van der Waals surface area contributed by atoms with Crippen LogP contribution in [0.3, 0.4) is 0 Å². The van der Waals surface area contributed by atoms with Crippen molar-refractivity contribution in [3.63, 3.8) is 0 Å². The fourth-order valence-corrected chi connectivity index (χ4v) is 23.4. The molecule has 0 aliphatic carbocycles. The summed E-state index contributed by atoms with van der Waals surface area (Å²) in [6.45, 7) is 11.9. The van der Waals surface area contributed by atoms with Crippen molar-refractivity contribution >= 4 is 139 Å². The Morgan fingerprint density at radius 1 is 0.349 bits per heavy atom. The van der Waals surface area contributed by atoms with Crippen LogP contribution in [0.25, 0.3) is 0 Å². The first-order valence-corrected chi connectivity index (χ1v) is 53.5. The molecule has 4 atom stereocenters. The lowest BCUT2D eigenvalue weighted by molar-refractivity contribution is -0.127. The van der Waals surface area contributed by atoms with E-state index >= 15 is 0 Å². The highest BCUT2D eigenvalue weighted by atomic mass is 33.1. The van der Waals surface area contributed by atoms with Crippen LogP contribution < -0.4 is 69.3 Å². The average Bonchev–Trinajstić information content (AvgIpc) is 1.62. The van der Waals surface area contributed by atoms with E-state index in [1.807, 2.05) is 193 Å². The molecule has 0 bridgehead atoms. The zero-order valence-corrected chi connectivity index (χ0v) is 86.8. The molecule has 0 saturated carbocycles. The molecule has 0 radical (unpaired) electrons. The van der Waals surface area contributed by atoms with Gasteiger partial charge in [-0.2, -0.15) is 12.6 Å². The van der Waals surface area contributed by atoms with Crippen LogP contribution in [0.4, 0.5) is 34.1 Å². The molecule has 146 heavy (non-hydrogen) atoms. The van der Waals surface area contributed by atoms with Gasteiger partial charge in [-0.3, -0.25) is 57.5 Å². The number of hydrogen-bond acceptors (Lipinski definition) is 21. The molecule has 0 unspecified atom stereocenters. The van der Waals surface area contributed by atoms with Crippen LogP contribution in [0.5, 0.6) is 34.5 Å². The number of carbonyl (C=O) groups excluding carboxylic acids is 12. The van der Waals surface area contributed by atoms with Crippen molar-refractivity contribution in [1.29, 1.82) is 0 Å². The van der Waals surface area contributed by atoms with E-state index in [0.717, 1.165) is 137 Å². The zero-order chi connectivity index (χ0) is 103. The van der Waals surface area contributed by atoms with Gasteiger partial charge in [-0.15, -0.1) is 0 Å². The van der Waals surface area contributed by atoms with Gasteiger partial charge in [-0.25, -0.2) is 0 Å². The van der Waals surface area contributed by atoms with Gasteiger partial charge in [0.2, 0.25) is 23.6 Å². The summed E-state index contributed by atoms with van der Waals surface area (Å²) < 4.78 is 37.3. The van der Waals surface area contributed by atoms with Crippen LogP contribution in [0.15, 0.2) is 182 Å². The number of Topliss-reactive ketones (excluding diaryl/α,β-unsaturated/α-hetero) is 4. The summed E-state index contributed by atoms with van der Waals surface area (Å²) in [5, 5.41) is 11.1. The normalized spacial score (nSPS) is 16.5. The zero-order valence-electron chi connectivity index (χ0n) is 84.2. The maximum atomic E-state index is 14.1. The van der Waals surface area contributed by atoms with Gasteiger partial charge in [-0.1, -0.05) is 108 Å². The minimum Gasteiger partial charge on any atom is -0.493 e. The summed E-state index contributed by atoms with van der Waals surface area (Å²) >= 11 is 4.45. The van der Waals surface area contributed by atoms with E-state index in [1.165, 1.54) is 22.3 Å². The second-order valence-electron chi connectivity index (χ2n) is 40.5. The van der Waals surface area contributed by atoms with E-state index in [4.69, 9.17) is 28.4 Å². The third kappa shape index (κ3) is 24.9. The van der Waals surface area contributed by atoms with Crippen molar-refractivity contribution in [3.8, 4) is 34.5 Å². The fourth-order valence-electron chi connectivity index (χ4n) is 21.1. The van der Waals surface area contributed by atoms with Gasteiger partial charge in [0.15, 0.2) is 34.6 Å². The van der Waals surface area contributed by atoms with Crippen LogP contribution in [0.1, 0.15) is 250 Å². The standard InChI is InChI=1S/C59H64N4O9S2.C58H62N4O9S/c1-36-24-48-39(14-16-44-28-41-10-6-8-12-50(41)62(44)57(48)68)30-52(36)71-34-37-25-38(27-43(26-37)61-56(67)21-19-47(65)33-60-55(66)20-18-46(64)22-23-59(2,3)74-73-5)35-72-54-31-40-15-17-45-29-42-11-7-9-13-51(42)63(45)58(69)49(40)32-53(54)70-4;1-35-23-47-38(13-15-43-27-40-9-5-7-11-49(40)61(43)56(47)67)29-51(35)70-33-36-24-37(26-42(25-36)60-55(66)20-18-46(64)32-59-54(65)19-17-45(63)21-22-58(2,3)72)34-71-53-30-39-14-16-44-28-41-10-6-8-12-50(41)62(44)57(68)48(39)31-52(53)69-4/h6-13,24-27,30-32,44-45H,14-23,28-29,33-35H2,1-5H3,(H,60,66)(H,61,67);5-12,23-26,29-31,43-44,72H,13-22,27-28,32-34H2,1-4H3,(H,59,65)(H,60,66)/t44-,45-;43-,44-/m11/s1. The number of hydrogen-bond donors (Lipinski definition) is 5. The summed E-state index contributed by atoms with van der Waals surface area (Å²) in [5.41, 5.74) is 20.3. The summed E-state index contributed by atoms with van der Waals surface area (Å²) in [4.78, 5) is 166.